The molecular weight excluding hydrogens is 312 g/mol. The number of ether oxygens (including phenoxy) is 2. The average Bonchev–Trinajstić information content (AvgIpc) is 2.52. The predicted octanol–water partition coefficient (Wildman–Crippen LogP) is 3.24. The molecule has 0 bridgehead atoms. The summed E-state index contributed by atoms with van der Waals surface area (Å²) in [5.74, 6) is -2.43. The van der Waals surface area contributed by atoms with Crippen LogP contribution in [0.1, 0.15) is 15.9 Å². The molecule has 0 aliphatic carbocycles. The lowest BCUT2D eigenvalue weighted by atomic mass is 10.1. The summed E-state index contributed by atoms with van der Waals surface area (Å²) in [4.78, 5) is 21.8. The van der Waals surface area contributed by atoms with Crippen LogP contribution in [0.2, 0.25) is 0 Å². The first-order chi connectivity index (χ1) is 10.9. The second-order valence-electron chi connectivity index (χ2n) is 4.45. The Morgan fingerprint density at radius 3 is 2.48 bits per heavy atom. The van der Waals surface area contributed by atoms with E-state index in [9.17, 15) is 23.7 Å². The lowest BCUT2D eigenvalue weighted by molar-refractivity contribution is -0.386. The highest BCUT2D eigenvalue weighted by Crippen LogP contribution is 2.28. The second kappa shape index (κ2) is 6.82. The lowest BCUT2D eigenvalue weighted by Gasteiger charge is -2.10. The predicted molar refractivity (Wildman–Crippen MR) is 75.1 cm³/mol. The van der Waals surface area contributed by atoms with Gasteiger partial charge in [0.05, 0.1) is 17.6 Å². The number of halogens is 2. The van der Waals surface area contributed by atoms with Crippen molar-refractivity contribution in [3.05, 3.63) is 69.3 Å². The SMILES string of the molecule is COC(=O)c1cc(F)ccc1COc1cc(F)ccc1[N+](=O)[O-]. The van der Waals surface area contributed by atoms with E-state index in [4.69, 9.17) is 4.74 Å². The van der Waals surface area contributed by atoms with Crippen LogP contribution in [-0.2, 0) is 11.3 Å². The zero-order valence-corrected chi connectivity index (χ0v) is 11.9. The fourth-order valence-electron chi connectivity index (χ4n) is 1.88. The number of rotatable bonds is 5. The molecule has 0 spiro atoms. The maximum absolute atomic E-state index is 13.2. The molecule has 2 aromatic rings. The second-order valence-corrected chi connectivity index (χ2v) is 4.45. The van der Waals surface area contributed by atoms with Crippen LogP contribution in [0.25, 0.3) is 0 Å². The van der Waals surface area contributed by atoms with Gasteiger partial charge in [0.15, 0.2) is 5.75 Å². The van der Waals surface area contributed by atoms with Gasteiger partial charge < -0.3 is 9.47 Å². The van der Waals surface area contributed by atoms with Crippen molar-refractivity contribution in [3.8, 4) is 5.75 Å². The lowest BCUT2D eigenvalue weighted by Crippen LogP contribution is -2.09. The molecule has 0 N–H and O–H groups in total. The van der Waals surface area contributed by atoms with Crippen LogP contribution in [-0.4, -0.2) is 18.0 Å². The standard InChI is InChI=1S/C15H11F2NO5/c1-22-15(19)12-6-10(16)3-2-9(12)8-23-14-7-11(17)4-5-13(14)18(20)21/h2-7H,8H2,1H3. The Hall–Kier alpha value is -3.03. The zero-order valence-electron chi connectivity index (χ0n) is 11.9. The van der Waals surface area contributed by atoms with Crippen molar-refractivity contribution in [1.82, 2.24) is 0 Å². The Morgan fingerprint density at radius 2 is 1.83 bits per heavy atom. The maximum Gasteiger partial charge on any atom is 0.338 e. The third-order valence-corrected chi connectivity index (χ3v) is 2.98. The third kappa shape index (κ3) is 3.79. The minimum Gasteiger partial charge on any atom is -0.482 e. The number of benzene rings is 2. The van der Waals surface area contributed by atoms with Crippen molar-refractivity contribution in [2.24, 2.45) is 0 Å². The van der Waals surface area contributed by atoms with Crippen LogP contribution >= 0.6 is 0 Å². The van der Waals surface area contributed by atoms with Crippen molar-refractivity contribution in [3.63, 3.8) is 0 Å². The highest BCUT2D eigenvalue weighted by molar-refractivity contribution is 5.91. The highest BCUT2D eigenvalue weighted by Gasteiger charge is 2.18. The van der Waals surface area contributed by atoms with E-state index < -0.39 is 28.2 Å². The fraction of sp³-hybridized carbons (Fsp3) is 0.133. The van der Waals surface area contributed by atoms with Gasteiger partial charge in [-0.15, -0.1) is 0 Å². The average molecular weight is 323 g/mol. The molecule has 0 fully saturated rings. The monoisotopic (exact) mass is 323 g/mol. The van der Waals surface area contributed by atoms with Crippen LogP contribution in [0.15, 0.2) is 36.4 Å². The molecule has 0 aromatic heterocycles. The molecular formula is C15H11F2NO5. The highest BCUT2D eigenvalue weighted by atomic mass is 19.1. The van der Waals surface area contributed by atoms with Crippen molar-refractivity contribution in [2.75, 3.05) is 7.11 Å². The van der Waals surface area contributed by atoms with E-state index in [1.54, 1.807) is 0 Å². The van der Waals surface area contributed by atoms with Gasteiger partial charge >= 0.3 is 11.7 Å². The largest absolute Gasteiger partial charge is 0.482 e. The number of nitro benzene ring substituents is 1. The molecule has 0 aliphatic heterocycles. The molecule has 0 heterocycles. The number of hydrogen-bond donors (Lipinski definition) is 0. The Bertz CT molecular complexity index is 764. The quantitative estimate of drug-likeness (QED) is 0.479. The Kier molecular flexibility index (Phi) is 4.85. The topological polar surface area (TPSA) is 78.7 Å². The first-order valence-electron chi connectivity index (χ1n) is 6.36. The molecule has 0 aliphatic rings. The number of nitro groups is 1. The van der Waals surface area contributed by atoms with E-state index in [1.807, 2.05) is 0 Å². The molecule has 120 valence electrons. The van der Waals surface area contributed by atoms with Crippen LogP contribution in [0, 0.1) is 21.7 Å². The van der Waals surface area contributed by atoms with Gasteiger partial charge in [0.1, 0.15) is 18.2 Å². The molecule has 0 amide bonds. The van der Waals surface area contributed by atoms with E-state index in [0.29, 0.717) is 0 Å². The number of esters is 1. The minimum absolute atomic E-state index is 0.0773. The van der Waals surface area contributed by atoms with Crippen LogP contribution in [0.3, 0.4) is 0 Å². The van der Waals surface area contributed by atoms with Crippen LogP contribution < -0.4 is 4.74 Å². The summed E-state index contributed by atoms with van der Waals surface area (Å²) in [5.41, 5.74) is -0.253. The molecule has 6 nitrogen and oxygen atoms in total. The van der Waals surface area contributed by atoms with Crippen molar-refractivity contribution in [1.29, 1.82) is 0 Å². The van der Waals surface area contributed by atoms with E-state index in [2.05, 4.69) is 4.74 Å². The van der Waals surface area contributed by atoms with Gasteiger partial charge in [0.2, 0.25) is 0 Å². The summed E-state index contributed by atoms with van der Waals surface area (Å²) < 4.78 is 36.2. The summed E-state index contributed by atoms with van der Waals surface area (Å²) in [6.07, 6.45) is 0. The number of nitrogens with zero attached hydrogens (tertiary/aromatic N) is 1. The third-order valence-electron chi connectivity index (χ3n) is 2.98. The van der Waals surface area contributed by atoms with E-state index in [1.165, 1.54) is 6.07 Å². The van der Waals surface area contributed by atoms with Gasteiger partial charge in [0, 0.05) is 17.7 Å². The summed E-state index contributed by atoms with van der Waals surface area (Å²) in [5, 5.41) is 10.9. The summed E-state index contributed by atoms with van der Waals surface area (Å²) in [6, 6.07) is 6.11. The first kappa shape index (κ1) is 16.3. The Balaban J connectivity index is 2.30. The van der Waals surface area contributed by atoms with Gasteiger partial charge in [0.25, 0.3) is 0 Å². The zero-order chi connectivity index (χ0) is 17.0. The normalized spacial score (nSPS) is 10.2. The maximum atomic E-state index is 13.2. The van der Waals surface area contributed by atoms with Gasteiger partial charge in [-0.2, -0.15) is 0 Å². The van der Waals surface area contributed by atoms with Gasteiger partial charge in [-0.05, 0) is 18.2 Å². The van der Waals surface area contributed by atoms with Gasteiger partial charge in [-0.3, -0.25) is 10.1 Å². The molecule has 0 saturated heterocycles. The molecule has 0 unspecified atom stereocenters. The number of carbonyl (C=O) groups excluding carboxylic acids is 1. The Morgan fingerprint density at radius 1 is 1.17 bits per heavy atom. The molecule has 0 atom stereocenters. The van der Waals surface area contributed by atoms with E-state index in [0.717, 1.165) is 37.4 Å². The van der Waals surface area contributed by atoms with Crippen molar-refractivity contribution < 1.29 is 28.0 Å². The number of methoxy groups -OCH3 is 1. The van der Waals surface area contributed by atoms with E-state index >= 15 is 0 Å². The van der Waals surface area contributed by atoms with Gasteiger partial charge in [-0.25, -0.2) is 13.6 Å². The van der Waals surface area contributed by atoms with Crippen LogP contribution in [0.4, 0.5) is 14.5 Å². The summed E-state index contributed by atoms with van der Waals surface area (Å²) in [6.45, 7) is -0.297. The molecule has 0 saturated carbocycles. The number of hydrogen-bond acceptors (Lipinski definition) is 5. The first-order valence-corrected chi connectivity index (χ1v) is 6.36. The summed E-state index contributed by atoms with van der Waals surface area (Å²) in [7, 11) is 1.13. The fourth-order valence-corrected chi connectivity index (χ4v) is 1.88. The smallest absolute Gasteiger partial charge is 0.338 e. The molecule has 23 heavy (non-hydrogen) atoms. The molecule has 8 heteroatoms. The van der Waals surface area contributed by atoms with Crippen molar-refractivity contribution in [2.45, 2.75) is 6.61 Å². The van der Waals surface area contributed by atoms with Crippen molar-refractivity contribution >= 4 is 11.7 Å². The number of carbonyl (C=O) groups is 1. The molecule has 2 aromatic carbocycles. The Labute approximate surface area is 129 Å². The summed E-state index contributed by atoms with van der Waals surface area (Å²) >= 11 is 0. The molecule has 2 rings (SSSR count). The van der Waals surface area contributed by atoms with E-state index in [-0.39, 0.29) is 23.5 Å². The van der Waals surface area contributed by atoms with Gasteiger partial charge in [-0.1, -0.05) is 6.07 Å². The van der Waals surface area contributed by atoms with Crippen LogP contribution in [0.5, 0.6) is 5.75 Å². The minimum atomic E-state index is -0.781. The molecule has 0 radical (unpaired) electrons.